The molecule has 1 N–H and O–H groups in total. The molecule has 1 amide bonds. The number of rotatable bonds is 8. The highest BCUT2D eigenvalue weighted by Gasteiger charge is 2.17. The van der Waals surface area contributed by atoms with Crippen LogP contribution in [0.15, 0.2) is 0 Å². The van der Waals surface area contributed by atoms with Crippen LogP contribution in [0, 0.1) is 0 Å². The molecule has 5 nitrogen and oxygen atoms in total. The van der Waals surface area contributed by atoms with Crippen molar-refractivity contribution in [3.8, 4) is 0 Å². The van der Waals surface area contributed by atoms with Crippen LogP contribution in [0.4, 0.5) is 0 Å². The summed E-state index contributed by atoms with van der Waals surface area (Å²) < 4.78 is 4.82. The summed E-state index contributed by atoms with van der Waals surface area (Å²) in [5.74, 6) is 0.0579. The van der Waals surface area contributed by atoms with E-state index in [2.05, 4.69) is 5.32 Å². The lowest BCUT2D eigenvalue weighted by atomic mass is 10.1. The summed E-state index contributed by atoms with van der Waals surface area (Å²) in [6, 6.07) is -0.210. The Hall–Kier alpha value is -0.940. The molecule has 94 valence electrons. The van der Waals surface area contributed by atoms with Crippen LogP contribution in [-0.4, -0.2) is 56.5 Å². The highest BCUT2D eigenvalue weighted by molar-refractivity contribution is 5.84. The number of amides is 1. The van der Waals surface area contributed by atoms with Gasteiger partial charge in [0.2, 0.25) is 5.91 Å². The maximum Gasteiger partial charge on any atom is 0.234 e. The maximum absolute atomic E-state index is 11.4. The first kappa shape index (κ1) is 15.1. The number of nitrogens with one attached hydrogen (secondary N) is 1. The molecule has 0 heterocycles. The highest BCUT2D eigenvalue weighted by atomic mass is 16.5. The summed E-state index contributed by atoms with van der Waals surface area (Å²) in [7, 11) is 3.36. The van der Waals surface area contributed by atoms with Crippen molar-refractivity contribution in [2.75, 3.05) is 33.9 Å². The average molecular weight is 230 g/mol. The zero-order valence-electron chi connectivity index (χ0n) is 10.6. The molecule has 0 radical (unpaired) electrons. The van der Waals surface area contributed by atoms with Crippen LogP contribution in [0.1, 0.15) is 20.3 Å². The minimum atomic E-state index is -0.210. The minimum Gasteiger partial charge on any atom is -0.383 e. The van der Waals surface area contributed by atoms with E-state index in [9.17, 15) is 9.59 Å². The topological polar surface area (TPSA) is 58.6 Å². The summed E-state index contributed by atoms with van der Waals surface area (Å²) in [6.07, 6.45) is 0.497. The van der Waals surface area contributed by atoms with Gasteiger partial charge in [0.25, 0.3) is 0 Å². The highest BCUT2D eigenvalue weighted by Crippen LogP contribution is 1.99. The standard InChI is InChI=1S/C11H22N2O3/c1-5-10(14)9(2)13(3)8-11(15)12-6-7-16-4/h9H,5-8H2,1-4H3,(H,12,15). The molecule has 0 spiro atoms. The van der Waals surface area contributed by atoms with Crippen molar-refractivity contribution in [3.05, 3.63) is 0 Å². The molecule has 1 atom stereocenters. The predicted molar refractivity (Wildman–Crippen MR) is 62.3 cm³/mol. The van der Waals surface area contributed by atoms with Gasteiger partial charge in [-0.15, -0.1) is 0 Å². The van der Waals surface area contributed by atoms with Gasteiger partial charge in [0.05, 0.1) is 19.2 Å². The zero-order valence-corrected chi connectivity index (χ0v) is 10.6. The van der Waals surface area contributed by atoms with Crippen LogP contribution in [0.25, 0.3) is 0 Å². The van der Waals surface area contributed by atoms with Crippen LogP contribution in [0.2, 0.25) is 0 Å². The summed E-state index contributed by atoms with van der Waals surface area (Å²) in [4.78, 5) is 24.6. The van der Waals surface area contributed by atoms with Gasteiger partial charge in [-0.1, -0.05) is 6.92 Å². The Labute approximate surface area is 97.1 Å². The number of hydrogen-bond acceptors (Lipinski definition) is 4. The van der Waals surface area contributed by atoms with Gasteiger partial charge >= 0.3 is 0 Å². The summed E-state index contributed by atoms with van der Waals surface area (Å²) >= 11 is 0. The fraction of sp³-hybridized carbons (Fsp3) is 0.818. The quantitative estimate of drug-likeness (QED) is 0.599. The summed E-state index contributed by atoms with van der Waals surface area (Å²) in [5.41, 5.74) is 0. The van der Waals surface area contributed by atoms with Crippen molar-refractivity contribution in [2.45, 2.75) is 26.3 Å². The number of methoxy groups -OCH3 is 1. The largest absolute Gasteiger partial charge is 0.383 e. The van der Waals surface area contributed by atoms with Gasteiger partial charge in [0.15, 0.2) is 0 Å². The lowest BCUT2D eigenvalue weighted by Crippen LogP contribution is -2.43. The van der Waals surface area contributed by atoms with Crippen molar-refractivity contribution in [2.24, 2.45) is 0 Å². The molecule has 0 aromatic carbocycles. The van der Waals surface area contributed by atoms with E-state index in [0.29, 0.717) is 19.6 Å². The van der Waals surface area contributed by atoms with Crippen LogP contribution >= 0.6 is 0 Å². The first-order valence-corrected chi connectivity index (χ1v) is 5.51. The minimum absolute atomic E-state index is 0.0877. The van der Waals surface area contributed by atoms with Gasteiger partial charge in [-0.25, -0.2) is 0 Å². The van der Waals surface area contributed by atoms with Crippen molar-refractivity contribution >= 4 is 11.7 Å². The van der Waals surface area contributed by atoms with Crippen molar-refractivity contribution in [1.82, 2.24) is 10.2 Å². The molecule has 0 bridgehead atoms. The fourth-order valence-corrected chi connectivity index (χ4v) is 1.25. The second kappa shape index (κ2) is 8.24. The number of hydrogen-bond donors (Lipinski definition) is 1. The second-order valence-corrected chi connectivity index (χ2v) is 3.75. The Balaban J connectivity index is 3.89. The van der Waals surface area contributed by atoms with Gasteiger partial charge in [-0.2, -0.15) is 0 Å². The summed E-state index contributed by atoms with van der Waals surface area (Å²) in [6.45, 7) is 4.87. The van der Waals surface area contributed by atoms with Gasteiger partial charge in [0.1, 0.15) is 5.78 Å². The third kappa shape index (κ3) is 5.82. The second-order valence-electron chi connectivity index (χ2n) is 3.75. The van der Waals surface area contributed by atoms with E-state index in [4.69, 9.17) is 4.74 Å². The lowest BCUT2D eigenvalue weighted by Gasteiger charge is -2.22. The smallest absolute Gasteiger partial charge is 0.234 e. The number of carbonyl (C=O) groups excluding carboxylic acids is 2. The van der Waals surface area contributed by atoms with Crippen molar-refractivity contribution < 1.29 is 14.3 Å². The maximum atomic E-state index is 11.4. The molecule has 1 unspecified atom stereocenters. The van der Waals surface area contributed by atoms with Gasteiger partial charge in [-0.05, 0) is 14.0 Å². The number of ether oxygens (including phenoxy) is 1. The first-order chi connectivity index (χ1) is 7.52. The van der Waals surface area contributed by atoms with Crippen LogP contribution in [-0.2, 0) is 14.3 Å². The molecule has 0 rings (SSSR count). The molecule has 5 heteroatoms. The number of likely N-dealkylation sites (N-methyl/N-ethyl adjacent to an activating group) is 1. The van der Waals surface area contributed by atoms with Crippen LogP contribution in [0.3, 0.4) is 0 Å². The van der Waals surface area contributed by atoms with Crippen LogP contribution in [0.5, 0.6) is 0 Å². The Kier molecular flexibility index (Phi) is 7.76. The van der Waals surface area contributed by atoms with E-state index in [-0.39, 0.29) is 24.3 Å². The molecular formula is C11H22N2O3. The Bertz CT molecular complexity index is 231. The Morgan fingerprint density at radius 2 is 2.06 bits per heavy atom. The normalized spacial score (nSPS) is 12.6. The predicted octanol–water partition coefficient (Wildman–Crippen LogP) is 0.0484. The van der Waals surface area contributed by atoms with E-state index >= 15 is 0 Å². The molecule has 0 saturated carbocycles. The molecule has 0 fully saturated rings. The SMILES string of the molecule is CCC(=O)C(C)N(C)CC(=O)NCCOC. The molecule has 0 aliphatic rings. The summed E-state index contributed by atoms with van der Waals surface area (Å²) in [5, 5.41) is 2.71. The van der Waals surface area contributed by atoms with Crippen molar-refractivity contribution in [3.63, 3.8) is 0 Å². The molecule has 0 aromatic heterocycles. The molecule has 0 aliphatic carbocycles. The number of carbonyl (C=O) groups is 2. The monoisotopic (exact) mass is 230 g/mol. The number of Topliss-reactive ketones (excluding diaryl/α,β-unsaturated/α-hetero) is 1. The van der Waals surface area contributed by atoms with E-state index in [1.807, 2.05) is 13.8 Å². The van der Waals surface area contributed by atoms with Gasteiger partial charge in [0, 0.05) is 20.1 Å². The van der Waals surface area contributed by atoms with E-state index < -0.39 is 0 Å². The molecule has 16 heavy (non-hydrogen) atoms. The van der Waals surface area contributed by atoms with E-state index in [0.717, 1.165) is 0 Å². The van der Waals surface area contributed by atoms with E-state index in [1.54, 1.807) is 19.1 Å². The molecule has 0 saturated heterocycles. The number of ketones is 1. The zero-order chi connectivity index (χ0) is 12.6. The van der Waals surface area contributed by atoms with Crippen molar-refractivity contribution in [1.29, 1.82) is 0 Å². The lowest BCUT2D eigenvalue weighted by molar-refractivity contribution is -0.126. The molecular weight excluding hydrogens is 208 g/mol. The Morgan fingerprint density at radius 1 is 1.44 bits per heavy atom. The van der Waals surface area contributed by atoms with Crippen LogP contribution < -0.4 is 5.32 Å². The third-order valence-corrected chi connectivity index (χ3v) is 2.50. The first-order valence-electron chi connectivity index (χ1n) is 5.51. The molecule has 0 aromatic rings. The average Bonchev–Trinajstić information content (AvgIpc) is 2.27. The third-order valence-electron chi connectivity index (χ3n) is 2.50. The molecule has 0 aliphatic heterocycles. The fourth-order valence-electron chi connectivity index (χ4n) is 1.25. The van der Waals surface area contributed by atoms with Gasteiger partial charge < -0.3 is 10.1 Å². The Morgan fingerprint density at radius 3 is 2.56 bits per heavy atom. The van der Waals surface area contributed by atoms with Gasteiger partial charge in [-0.3, -0.25) is 14.5 Å². The van der Waals surface area contributed by atoms with E-state index in [1.165, 1.54) is 0 Å². The number of nitrogens with zero attached hydrogens (tertiary/aromatic N) is 1.